The minimum atomic E-state index is -0.126. The van der Waals surface area contributed by atoms with Crippen molar-refractivity contribution in [3.8, 4) is 0 Å². The van der Waals surface area contributed by atoms with Crippen LogP contribution in [0.4, 0.5) is 5.13 Å². The molecule has 1 aromatic heterocycles. The molecule has 1 aromatic carbocycles. The van der Waals surface area contributed by atoms with Crippen LogP contribution in [0.3, 0.4) is 0 Å². The van der Waals surface area contributed by atoms with E-state index in [1.807, 2.05) is 18.2 Å². The first-order valence-electron chi connectivity index (χ1n) is 7.07. The molecule has 108 valence electrons. The Bertz CT molecular complexity index is 703. The minimum absolute atomic E-state index is 0.126. The quantitative estimate of drug-likeness (QED) is 0.936. The highest BCUT2D eigenvalue weighted by atomic mass is 32.1. The predicted molar refractivity (Wildman–Crippen MR) is 85.7 cm³/mol. The first-order chi connectivity index (χ1) is 10.1. The summed E-state index contributed by atoms with van der Waals surface area (Å²) in [6.45, 7) is 4.12. The lowest BCUT2D eigenvalue weighted by molar-refractivity contribution is 0.102. The third-order valence-electron chi connectivity index (χ3n) is 3.44. The highest BCUT2D eigenvalue weighted by molar-refractivity contribution is 7.15. The van der Waals surface area contributed by atoms with Gasteiger partial charge < -0.3 is 0 Å². The fourth-order valence-electron chi connectivity index (χ4n) is 2.26. The zero-order chi connectivity index (χ0) is 14.8. The van der Waals surface area contributed by atoms with E-state index in [0.29, 0.717) is 16.6 Å². The molecule has 1 heterocycles. The maximum Gasteiger partial charge on any atom is 0.257 e. The molecule has 0 fully saturated rings. The van der Waals surface area contributed by atoms with Crippen LogP contribution in [0.2, 0.25) is 0 Å². The Balaban J connectivity index is 1.77. The van der Waals surface area contributed by atoms with Gasteiger partial charge in [0, 0.05) is 11.5 Å². The van der Waals surface area contributed by atoms with Crippen molar-refractivity contribution >= 4 is 28.5 Å². The Labute approximate surface area is 127 Å². The predicted octanol–water partition coefficient (Wildman–Crippen LogP) is 3.87. The number of aryl methyl sites for hydroxylation is 1. The number of anilines is 1. The molecule has 1 aliphatic carbocycles. The number of nitrogens with one attached hydrogen (secondary N) is 1. The number of rotatable bonds is 3. The van der Waals surface area contributed by atoms with Gasteiger partial charge in [-0.15, -0.1) is 10.2 Å². The fraction of sp³-hybridized carbons (Fsp3) is 0.312. The standard InChI is InChI=1S/C16H17N3OS/c1-10(2)15-18-19-16(21-15)17-14(20)13-8-7-11-5-3-4-6-12(11)9-13/h3,5,7-10H,4,6H2,1-2H3,(H,17,19,20). The number of carbonyl (C=O) groups is 1. The van der Waals surface area contributed by atoms with Crippen LogP contribution in [0, 0.1) is 0 Å². The van der Waals surface area contributed by atoms with Gasteiger partial charge in [-0.05, 0) is 36.1 Å². The van der Waals surface area contributed by atoms with Gasteiger partial charge in [0.1, 0.15) is 5.01 Å². The Morgan fingerprint density at radius 1 is 1.33 bits per heavy atom. The molecule has 0 atom stereocenters. The van der Waals surface area contributed by atoms with Crippen molar-refractivity contribution in [1.29, 1.82) is 0 Å². The Kier molecular flexibility index (Phi) is 3.84. The van der Waals surface area contributed by atoms with Crippen LogP contribution < -0.4 is 5.32 Å². The maximum absolute atomic E-state index is 12.3. The molecule has 0 unspecified atom stereocenters. The maximum atomic E-state index is 12.3. The summed E-state index contributed by atoms with van der Waals surface area (Å²) in [5, 5.41) is 12.4. The van der Waals surface area contributed by atoms with Gasteiger partial charge in [-0.3, -0.25) is 10.1 Å². The Morgan fingerprint density at radius 2 is 2.19 bits per heavy atom. The van der Waals surface area contributed by atoms with E-state index in [1.54, 1.807) is 0 Å². The van der Waals surface area contributed by atoms with Crippen LogP contribution in [0.15, 0.2) is 24.3 Å². The van der Waals surface area contributed by atoms with E-state index in [-0.39, 0.29) is 5.91 Å². The molecule has 0 aliphatic heterocycles. The number of aromatic nitrogens is 2. The average molecular weight is 299 g/mol. The Hall–Kier alpha value is -2.01. The van der Waals surface area contributed by atoms with Gasteiger partial charge in [-0.2, -0.15) is 0 Å². The molecular formula is C16H17N3OS. The van der Waals surface area contributed by atoms with Crippen LogP contribution in [0.1, 0.15) is 52.7 Å². The summed E-state index contributed by atoms with van der Waals surface area (Å²) in [7, 11) is 0. The monoisotopic (exact) mass is 299 g/mol. The van der Waals surface area contributed by atoms with Gasteiger partial charge in [0.05, 0.1) is 0 Å². The number of hydrogen-bond acceptors (Lipinski definition) is 4. The zero-order valence-electron chi connectivity index (χ0n) is 12.1. The van der Waals surface area contributed by atoms with Crippen LogP contribution in [0.25, 0.3) is 6.08 Å². The lowest BCUT2D eigenvalue weighted by atomic mass is 9.95. The van der Waals surface area contributed by atoms with Gasteiger partial charge in [0.25, 0.3) is 5.91 Å². The first-order valence-corrected chi connectivity index (χ1v) is 7.89. The number of fused-ring (bicyclic) bond motifs is 1. The summed E-state index contributed by atoms with van der Waals surface area (Å²) in [5.41, 5.74) is 3.10. The molecule has 3 rings (SSSR count). The van der Waals surface area contributed by atoms with Gasteiger partial charge in [0.15, 0.2) is 0 Å². The second kappa shape index (κ2) is 5.77. The van der Waals surface area contributed by atoms with E-state index in [2.05, 4.69) is 41.5 Å². The van der Waals surface area contributed by atoms with Crippen LogP contribution in [0.5, 0.6) is 0 Å². The fourth-order valence-corrected chi connectivity index (χ4v) is 3.00. The molecule has 0 saturated heterocycles. The van der Waals surface area contributed by atoms with Crippen molar-refractivity contribution in [2.45, 2.75) is 32.6 Å². The SMILES string of the molecule is CC(C)c1nnc(NC(=O)c2ccc3c(c2)CCC=C3)s1. The molecule has 1 amide bonds. The van der Waals surface area contributed by atoms with Crippen LogP contribution >= 0.6 is 11.3 Å². The minimum Gasteiger partial charge on any atom is -0.296 e. The molecule has 5 heteroatoms. The normalized spacial score (nSPS) is 13.3. The molecule has 2 aromatic rings. The number of hydrogen-bond donors (Lipinski definition) is 1. The highest BCUT2D eigenvalue weighted by Crippen LogP contribution is 2.24. The number of nitrogens with zero attached hydrogens (tertiary/aromatic N) is 2. The van der Waals surface area contributed by atoms with E-state index in [9.17, 15) is 4.79 Å². The van der Waals surface area contributed by atoms with Crippen molar-refractivity contribution in [2.75, 3.05) is 5.32 Å². The van der Waals surface area contributed by atoms with Crippen molar-refractivity contribution in [3.05, 3.63) is 46.0 Å². The summed E-state index contributed by atoms with van der Waals surface area (Å²) in [6, 6.07) is 5.83. The molecular weight excluding hydrogens is 282 g/mol. The topological polar surface area (TPSA) is 54.9 Å². The molecule has 0 spiro atoms. The van der Waals surface area contributed by atoms with Gasteiger partial charge >= 0.3 is 0 Å². The largest absolute Gasteiger partial charge is 0.296 e. The third kappa shape index (κ3) is 3.03. The van der Waals surface area contributed by atoms with E-state index >= 15 is 0 Å². The lowest BCUT2D eigenvalue weighted by Gasteiger charge is -2.11. The van der Waals surface area contributed by atoms with Crippen molar-refractivity contribution in [1.82, 2.24) is 10.2 Å². The molecule has 0 bridgehead atoms. The summed E-state index contributed by atoms with van der Waals surface area (Å²) in [6.07, 6.45) is 6.30. The second-order valence-electron chi connectivity index (χ2n) is 5.41. The van der Waals surface area contributed by atoms with Gasteiger partial charge in [0.2, 0.25) is 5.13 Å². The zero-order valence-corrected chi connectivity index (χ0v) is 12.9. The van der Waals surface area contributed by atoms with E-state index < -0.39 is 0 Å². The summed E-state index contributed by atoms with van der Waals surface area (Å²) < 4.78 is 0. The summed E-state index contributed by atoms with van der Waals surface area (Å²) in [5.74, 6) is 0.197. The molecule has 1 aliphatic rings. The Morgan fingerprint density at radius 3 is 2.95 bits per heavy atom. The lowest BCUT2D eigenvalue weighted by Crippen LogP contribution is -2.12. The third-order valence-corrected chi connectivity index (χ3v) is 4.58. The number of carbonyl (C=O) groups excluding carboxylic acids is 1. The molecule has 4 nitrogen and oxygen atoms in total. The molecule has 1 N–H and O–H groups in total. The van der Waals surface area contributed by atoms with Crippen LogP contribution in [-0.4, -0.2) is 16.1 Å². The van der Waals surface area contributed by atoms with Gasteiger partial charge in [-0.1, -0.05) is 43.4 Å². The highest BCUT2D eigenvalue weighted by Gasteiger charge is 2.13. The van der Waals surface area contributed by atoms with Crippen molar-refractivity contribution in [2.24, 2.45) is 0 Å². The van der Waals surface area contributed by atoms with E-state index in [1.165, 1.54) is 22.5 Å². The number of benzene rings is 1. The number of amides is 1. The molecule has 0 radical (unpaired) electrons. The van der Waals surface area contributed by atoms with E-state index in [0.717, 1.165) is 17.8 Å². The second-order valence-corrected chi connectivity index (χ2v) is 6.42. The molecule has 21 heavy (non-hydrogen) atoms. The van der Waals surface area contributed by atoms with Crippen LogP contribution in [-0.2, 0) is 6.42 Å². The molecule has 0 saturated carbocycles. The average Bonchev–Trinajstić information content (AvgIpc) is 2.95. The smallest absolute Gasteiger partial charge is 0.257 e. The summed E-state index contributed by atoms with van der Waals surface area (Å²) in [4.78, 5) is 12.3. The summed E-state index contributed by atoms with van der Waals surface area (Å²) >= 11 is 1.43. The van der Waals surface area contributed by atoms with Crippen molar-refractivity contribution in [3.63, 3.8) is 0 Å². The van der Waals surface area contributed by atoms with Crippen molar-refractivity contribution < 1.29 is 4.79 Å². The van der Waals surface area contributed by atoms with E-state index in [4.69, 9.17) is 0 Å². The van der Waals surface area contributed by atoms with Gasteiger partial charge in [-0.25, -0.2) is 0 Å². The number of allylic oxidation sites excluding steroid dienone is 1. The first kappa shape index (κ1) is 13.9.